The predicted molar refractivity (Wildman–Crippen MR) is 113 cm³/mol. The van der Waals surface area contributed by atoms with Crippen LogP contribution >= 0.6 is 11.6 Å². The lowest BCUT2D eigenvalue weighted by Gasteiger charge is -2.08. The van der Waals surface area contributed by atoms with E-state index in [1.807, 2.05) is 0 Å². The number of nitrogens with zero attached hydrogens (tertiary/aromatic N) is 3. The molecule has 31 heavy (non-hydrogen) atoms. The second kappa shape index (κ2) is 10.2. The number of tetrazole rings is 1. The minimum atomic E-state index is -3.62. The molecule has 0 aliphatic rings. The van der Waals surface area contributed by atoms with E-state index in [1.165, 1.54) is 24.3 Å². The Labute approximate surface area is 183 Å². The van der Waals surface area contributed by atoms with Gasteiger partial charge in [0, 0.05) is 30.0 Å². The minimum Gasteiger partial charge on any atom is -0.294 e. The van der Waals surface area contributed by atoms with E-state index in [9.17, 15) is 18.0 Å². The molecule has 12 heteroatoms. The summed E-state index contributed by atoms with van der Waals surface area (Å²) in [6, 6.07) is 12.7. The third-order valence-corrected chi connectivity index (χ3v) is 6.01. The van der Waals surface area contributed by atoms with Gasteiger partial charge in [0.2, 0.25) is 15.9 Å². The monoisotopic (exact) mass is 462 g/mol. The Morgan fingerprint density at radius 1 is 1.00 bits per heavy atom. The summed E-state index contributed by atoms with van der Waals surface area (Å²) >= 11 is 5.78. The summed E-state index contributed by atoms with van der Waals surface area (Å²) in [4.78, 5) is 24.2. The van der Waals surface area contributed by atoms with Crippen molar-refractivity contribution in [3.05, 3.63) is 64.7 Å². The first-order valence-electron chi connectivity index (χ1n) is 9.24. The number of carbonyl (C=O) groups is 2. The van der Waals surface area contributed by atoms with E-state index < -0.39 is 10.0 Å². The van der Waals surface area contributed by atoms with Gasteiger partial charge in [-0.15, -0.1) is 5.10 Å². The number of sulfonamides is 1. The molecule has 0 unspecified atom stereocenters. The summed E-state index contributed by atoms with van der Waals surface area (Å²) in [7, 11) is -3.62. The van der Waals surface area contributed by atoms with Gasteiger partial charge in [0.25, 0.3) is 5.95 Å². The average Bonchev–Trinajstić information content (AvgIpc) is 3.26. The normalized spacial score (nSPS) is 11.3. The Morgan fingerprint density at radius 3 is 2.35 bits per heavy atom. The van der Waals surface area contributed by atoms with Crippen molar-refractivity contribution in [2.24, 2.45) is 0 Å². The summed E-state index contributed by atoms with van der Waals surface area (Å²) in [5.41, 5.74) is 1.34. The van der Waals surface area contributed by atoms with Crippen LogP contribution in [-0.4, -0.2) is 47.3 Å². The number of H-pyrrole nitrogens is 1. The summed E-state index contributed by atoms with van der Waals surface area (Å²) in [5, 5.41) is 15.6. The van der Waals surface area contributed by atoms with E-state index in [1.54, 1.807) is 24.3 Å². The highest BCUT2D eigenvalue weighted by molar-refractivity contribution is 7.89. The number of anilines is 1. The molecule has 1 heterocycles. The van der Waals surface area contributed by atoms with Crippen molar-refractivity contribution in [1.82, 2.24) is 25.3 Å². The van der Waals surface area contributed by atoms with Crippen LogP contribution in [0.1, 0.15) is 28.8 Å². The number of benzene rings is 2. The molecule has 3 aromatic rings. The fraction of sp³-hybridized carbons (Fsp3) is 0.211. The molecule has 3 rings (SSSR count). The molecular weight excluding hydrogens is 444 g/mol. The van der Waals surface area contributed by atoms with Crippen molar-refractivity contribution in [2.45, 2.75) is 24.2 Å². The fourth-order valence-corrected chi connectivity index (χ4v) is 3.82. The number of carbonyl (C=O) groups excluding carboxylic acids is 2. The second-order valence-electron chi connectivity index (χ2n) is 6.51. The zero-order chi connectivity index (χ0) is 22.3. The molecule has 0 aliphatic heterocycles. The number of ketones is 1. The van der Waals surface area contributed by atoms with Crippen LogP contribution in [-0.2, 0) is 21.2 Å². The van der Waals surface area contributed by atoms with Crippen LogP contribution in [0.25, 0.3) is 0 Å². The van der Waals surface area contributed by atoms with Crippen molar-refractivity contribution in [3.8, 4) is 0 Å². The highest BCUT2D eigenvalue weighted by atomic mass is 35.5. The van der Waals surface area contributed by atoms with Crippen molar-refractivity contribution in [1.29, 1.82) is 0 Å². The molecule has 0 spiro atoms. The number of hydrogen-bond acceptors (Lipinski definition) is 7. The molecule has 0 bridgehead atoms. The van der Waals surface area contributed by atoms with E-state index in [0.29, 0.717) is 17.0 Å². The molecule has 10 nitrogen and oxygen atoms in total. The molecule has 162 valence electrons. The molecule has 0 radical (unpaired) electrons. The van der Waals surface area contributed by atoms with Gasteiger partial charge in [-0.25, -0.2) is 13.1 Å². The second-order valence-corrected chi connectivity index (χ2v) is 8.71. The number of Topliss-reactive ketones (excluding diaryl/α,β-unsaturated/α-hetero) is 1. The average molecular weight is 463 g/mol. The number of amides is 1. The largest absolute Gasteiger partial charge is 0.294 e. The number of hydrogen-bond donors (Lipinski definition) is 3. The highest BCUT2D eigenvalue weighted by Gasteiger charge is 2.14. The van der Waals surface area contributed by atoms with Crippen LogP contribution in [0.4, 0.5) is 5.95 Å². The van der Waals surface area contributed by atoms with Gasteiger partial charge < -0.3 is 0 Å². The van der Waals surface area contributed by atoms with E-state index in [-0.39, 0.29) is 41.9 Å². The van der Waals surface area contributed by atoms with Gasteiger partial charge in [0.05, 0.1) is 4.90 Å². The van der Waals surface area contributed by atoms with Crippen LogP contribution < -0.4 is 10.0 Å². The van der Waals surface area contributed by atoms with Crippen LogP contribution in [0, 0.1) is 0 Å². The maximum Gasteiger partial charge on any atom is 0.269 e. The lowest BCUT2D eigenvalue weighted by molar-refractivity contribution is -0.116. The Kier molecular flexibility index (Phi) is 7.45. The van der Waals surface area contributed by atoms with Gasteiger partial charge in [-0.3, -0.25) is 14.9 Å². The fourth-order valence-electron chi connectivity index (χ4n) is 2.66. The van der Waals surface area contributed by atoms with E-state index in [0.717, 1.165) is 5.56 Å². The molecule has 3 N–H and O–H groups in total. The molecule has 0 saturated heterocycles. The lowest BCUT2D eigenvalue weighted by atomic mass is 10.0. The first-order chi connectivity index (χ1) is 14.8. The van der Waals surface area contributed by atoms with Gasteiger partial charge >= 0.3 is 0 Å². The van der Waals surface area contributed by atoms with E-state index in [2.05, 4.69) is 30.7 Å². The predicted octanol–water partition coefficient (Wildman–Crippen LogP) is 1.98. The third kappa shape index (κ3) is 6.67. The number of aromatic nitrogens is 4. The number of aromatic amines is 1. The minimum absolute atomic E-state index is 0.0123. The number of rotatable bonds is 10. The summed E-state index contributed by atoms with van der Waals surface area (Å²) < 4.78 is 27.1. The molecule has 0 saturated carbocycles. The zero-order valence-corrected chi connectivity index (χ0v) is 17.8. The van der Waals surface area contributed by atoms with Crippen LogP contribution in [0.5, 0.6) is 0 Å². The summed E-state index contributed by atoms with van der Waals surface area (Å²) in [5.74, 6) is -0.522. The molecule has 0 fully saturated rings. The van der Waals surface area contributed by atoms with Gasteiger partial charge in [-0.2, -0.15) is 5.21 Å². The lowest BCUT2D eigenvalue weighted by Crippen LogP contribution is -2.25. The molecule has 2 aromatic carbocycles. The van der Waals surface area contributed by atoms with E-state index in [4.69, 9.17) is 11.6 Å². The Balaban J connectivity index is 1.45. The quantitative estimate of drug-likeness (QED) is 0.390. The summed E-state index contributed by atoms with van der Waals surface area (Å²) in [6.45, 7) is 0.203. The molecule has 1 amide bonds. The first-order valence-corrected chi connectivity index (χ1v) is 11.1. The Morgan fingerprint density at radius 2 is 1.71 bits per heavy atom. The van der Waals surface area contributed by atoms with Crippen molar-refractivity contribution >= 4 is 39.3 Å². The molecule has 0 atom stereocenters. The van der Waals surface area contributed by atoms with Crippen LogP contribution in [0.3, 0.4) is 0 Å². The smallest absolute Gasteiger partial charge is 0.269 e. The van der Waals surface area contributed by atoms with Gasteiger partial charge in [-0.05, 0) is 41.5 Å². The number of halogens is 1. The Hall–Kier alpha value is -3.15. The van der Waals surface area contributed by atoms with Crippen molar-refractivity contribution in [3.63, 3.8) is 0 Å². The standard InChI is InChI=1S/C19H19ClN6O4S/c20-15-5-7-16(8-6-15)31(29,30)21-12-11-13-1-3-14(4-2-13)17(27)9-10-18(28)22-19-23-25-26-24-19/h1-8,21H,9-12H2,(H2,22,23,24,25,26,28). The van der Waals surface area contributed by atoms with Crippen LogP contribution in [0.2, 0.25) is 5.02 Å². The van der Waals surface area contributed by atoms with Gasteiger partial charge in [-0.1, -0.05) is 41.0 Å². The zero-order valence-electron chi connectivity index (χ0n) is 16.2. The Bertz CT molecular complexity index is 1130. The maximum absolute atomic E-state index is 12.3. The molecule has 0 aliphatic carbocycles. The SMILES string of the molecule is O=C(CCC(=O)c1ccc(CCNS(=O)(=O)c2ccc(Cl)cc2)cc1)Nc1nn[nH]n1. The van der Waals surface area contributed by atoms with Crippen LogP contribution in [0.15, 0.2) is 53.4 Å². The highest BCUT2D eigenvalue weighted by Crippen LogP contribution is 2.14. The van der Waals surface area contributed by atoms with E-state index >= 15 is 0 Å². The maximum atomic E-state index is 12.3. The number of nitrogens with one attached hydrogen (secondary N) is 3. The molecule has 1 aromatic heterocycles. The van der Waals surface area contributed by atoms with Crippen molar-refractivity contribution in [2.75, 3.05) is 11.9 Å². The topological polar surface area (TPSA) is 147 Å². The van der Waals surface area contributed by atoms with Gasteiger partial charge in [0.15, 0.2) is 5.78 Å². The van der Waals surface area contributed by atoms with Crippen molar-refractivity contribution < 1.29 is 18.0 Å². The third-order valence-electron chi connectivity index (χ3n) is 4.28. The summed E-state index contributed by atoms with van der Waals surface area (Å²) in [6.07, 6.45) is 0.472. The van der Waals surface area contributed by atoms with Gasteiger partial charge in [0.1, 0.15) is 0 Å². The molecular formula is C19H19ClN6O4S. The first kappa shape index (κ1) is 22.5.